The van der Waals surface area contributed by atoms with Gasteiger partial charge < -0.3 is 14.7 Å². The number of hydrogen-bond acceptors (Lipinski definition) is 3. The highest BCUT2D eigenvalue weighted by Crippen LogP contribution is 2.49. The molecule has 0 bridgehead atoms. The number of carboxylic acid groups (broad SMARTS) is 1. The summed E-state index contributed by atoms with van der Waals surface area (Å²) in [6, 6.07) is 11.5. The Hall–Kier alpha value is -2.56. The first-order valence-electron chi connectivity index (χ1n) is 7.71. The molecule has 2 atom stereocenters. The average Bonchev–Trinajstić information content (AvgIpc) is 2.69. The average molecular weight is 313 g/mol. The first kappa shape index (κ1) is 14.1. The Balaban J connectivity index is 1.95. The quantitative estimate of drug-likeness (QED) is 0.865. The first-order chi connectivity index (χ1) is 11.1. The second-order valence-electron chi connectivity index (χ2n) is 5.98. The van der Waals surface area contributed by atoms with E-state index in [-0.39, 0.29) is 11.9 Å². The van der Waals surface area contributed by atoms with Gasteiger partial charge in [-0.25, -0.2) is 4.39 Å². The molecule has 0 saturated carbocycles. The van der Waals surface area contributed by atoms with Crippen LogP contribution in [-0.4, -0.2) is 17.6 Å². The molecular weight excluding hydrogens is 297 g/mol. The molecule has 4 rings (SSSR count). The second kappa shape index (κ2) is 5.26. The van der Waals surface area contributed by atoms with Crippen LogP contribution < -0.4 is 9.64 Å². The van der Waals surface area contributed by atoms with E-state index in [0.29, 0.717) is 30.2 Å². The number of nitrogens with zero attached hydrogens (tertiary/aromatic N) is 1. The van der Waals surface area contributed by atoms with Gasteiger partial charge in [0, 0.05) is 18.2 Å². The smallest absolute Gasteiger partial charge is 0.308 e. The molecule has 1 saturated heterocycles. The van der Waals surface area contributed by atoms with Gasteiger partial charge in [-0.15, -0.1) is 0 Å². The van der Waals surface area contributed by atoms with Crippen molar-refractivity contribution < 1.29 is 19.0 Å². The van der Waals surface area contributed by atoms with Crippen LogP contribution in [-0.2, 0) is 4.79 Å². The number of anilines is 1. The van der Waals surface area contributed by atoms with Crippen molar-refractivity contribution in [2.45, 2.75) is 18.9 Å². The third-order valence-electron chi connectivity index (χ3n) is 4.64. The lowest BCUT2D eigenvalue weighted by atomic mass is 9.84. The number of carbonyl (C=O) groups is 1. The van der Waals surface area contributed by atoms with Gasteiger partial charge in [0.25, 0.3) is 0 Å². The van der Waals surface area contributed by atoms with Crippen LogP contribution in [0.25, 0.3) is 0 Å². The fourth-order valence-electron chi connectivity index (χ4n) is 3.65. The maximum Gasteiger partial charge on any atom is 0.308 e. The van der Waals surface area contributed by atoms with Crippen molar-refractivity contribution >= 4 is 11.7 Å². The van der Waals surface area contributed by atoms with Crippen molar-refractivity contribution in [3.63, 3.8) is 0 Å². The number of carboxylic acids is 1. The van der Waals surface area contributed by atoms with Gasteiger partial charge in [0.1, 0.15) is 11.6 Å². The minimum atomic E-state index is -0.825. The van der Waals surface area contributed by atoms with Gasteiger partial charge in [-0.1, -0.05) is 18.2 Å². The summed E-state index contributed by atoms with van der Waals surface area (Å²) in [5.41, 5.74) is 1.47. The zero-order chi connectivity index (χ0) is 16.0. The summed E-state index contributed by atoms with van der Waals surface area (Å²) in [6.07, 6.45) is 1.36. The molecule has 1 N–H and O–H groups in total. The number of rotatable bonds is 1. The van der Waals surface area contributed by atoms with Gasteiger partial charge >= 0.3 is 5.97 Å². The maximum absolute atomic E-state index is 13.8. The largest absolute Gasteiger partial charge is 0.481 e. The number of halogens is 1. The summed E-state index contributed by atoms with van der Waals surface area (Å²) in [5, 5.41) is 9.66. The minimum Gasteiger partial charge on any atom is -0.481 e. The van der Waals surface area contributed by atoms with Crippen molar-refractivity contribution in [2.24, 2.45) is 5.92 Å². The molecule has 0 radical (unpaired) electrons. The molecule has 2 aliphatic rings. The topological polar surface area (TPSA) is 49.8 Å². The monoisotopic (exact) mass is 313 g/mol. The number of hydrogen-bond donors (Lipinski definition) is 1. The molecular formula is C18H16FNO3. The van der Waals surface area contributed by atoms with Gasteiger partial charge in [0.15, 0.2) is 5.75 Å². The van der Waals surface area contributed by atoms with E-state index >= 15 is 0 Å². The van der Waals surface area contributed by atoms with E-state index in [0.717, 1.165) is 12.0 Å². The molecule has 23 heavy (non-hydrogen) atoms. The summed E-state index contributed by atoms with van der Waals surface area (Å²) >= 11 is 0. The molecule has 2 aromatic carbocycles. The highest BCUT2D eigenvalue weighted by Gasteiger charge is 2.41. The highest BCUT2D eigenvalue weighted by molar-refractivity contribution is 5.75. The van der Waals surface area contributed by atoms with Crippen LogP contribution in [0.4, 0.5) is 10.1 Å². The van der Waals surface area contributed by atoms with E-state index in [2.05, 4.69) is 0 Å². The molecule has 1 fully saturated rings. The Kier molecular flexibility index (Phi) is 3.22. The number of benzene rings is 2. The zero-order valence-electron chi connectivity index (χ0n) is 12.4. The van der Waals surface area contributed by atoms with Crippen LogP contribution in [0.2, 0.25) is 0 Å². The summed E-state index contributed by atoms with van der Waals surface area (Å²) in [4.78, 5) is 13.7. The van der Waals surface area contributed by atoms with E-state index in [1.54, 1.807) is 6.07 Å². The van der Waals surface area contributed by atoms with Crippen molar-refractivity contribution in [3.8, 4) is 11.5 Å². The number of piperidine rings is 1. The summed E-state index contributed by atoms with van der Waals surface area (Å²) in [6.45, 7) is 0.683. The third-order valence-corrected chi connectivity index (χ3v) is 4.64. The zero-order valence-corrected chi connectivity index (χ0v) is 12.4. The van der Waals surface area contributed by atoms with Crippen LogP contribution in [0.1, 0.15) is 24.4 Å². The Morgan fingerprint density at radius 1 is 1.22 bits per heavy atom. The maximum atomic E-state index is 13.8. The molecule has 2 heterocycles. The van der Waals surface area contributed by atoms with Crippen molar-refractivity contribution in [1.29, 1.82) is 0 Å². The van der Waals surface area contributed by atoms with E-state index in [1.807, 2.05) is 29.2 Å². The molecule has 0 spiro atoms. The molecule has 5 heteroatoms. The Morgan fingerprint density at radius 2 is 2.04 bits per heavy atom. The van der Waals surface area contributed by atoms with E-state index in [4.69, 9.17) is 4.74 Å². The third kappa shape index (κ3) is 2.23. The van der Waals surface area contributed by atoms with Crippen LogP contribution in [0.15, 0.2) is 42.5 Å². The second-order valence-corrected chi connectivity index (χ2v) is 5.98. The van der Waals surface area contributed by atoms with Crippen molar-refractivity contribution in [3.05, 3.63) is 53.8 Å². The van der Waals surface area contributed by atoms with Crippen LogP contribution in [0.3, 0.4) is 0 Å². The molecule has 4 nitrogen and oxygen atoms in total. The highest BCUT2D eigenvalue weighted by atomic mass is 19.1. The predicted molar refractivity (Wildman–Crippen MR) is 83.4 cm³/mol. The van der Waals surface area contributed by atoms with Crippen LogP contribution in [0.5, 0.6) is 11.5 Å². The van der Waals surface area contributed by atoms with Crippen LogP contribution >= 0.6 is 0 Å². The lowest BCUT2D eigenvalue weighted by molar-refractivity contribution is -0.143. The predicted octanol–water partition coefficient (Wildman–Crippen LogP) is 3.97. The SMILES string of the molecule is O=C(O)[C@H]1CCCN2c3cc(F)ccc3Oc3ccccc3[C@@H]12. The molecule has 0 aliphatic carbocycles. The van der Waals surface area contributed by atoms with E-state index < -0.39 is 11.9 Å². The van der Waals surface area contributed by atoms with E-state index in [9.17, 15) is 14.3 Å². The van der Waals surface area contributed by atoms with Gasteiger partial charge in [-0.3, -0.25) is 4.79 Å². The lowest BCUT2D eigenvalue weighted by Gasteiger charge is -2.40. The number of aliphatic carboxylic acids is 1. The lowest BCUT2D eigenvalue weighted by Crippen LogP contribution is -2.41. The number of ether oxygens (including phenoxy) is 1. The molecule has 0 amide bonds. The standard InChI is InChI=1S/C18H16FNO3/c19-11-7-8-16-14(10-11)20-9-3-5-13(18(21)22)17(20)12-4-1-2-6-15(12)23-16/h1-2,4,6-8,10,13,17H,3,5,9H2,(H,21,22)/t13-,17-/m0/s1. The Morgan fingerprint density at radius 3 is 2.87 bits per heavy atom. The normalized spacial score (nSPS) is 22.2. The van der Waals surface area contributed by atoms with Gasteiger partial charge in [0.05, 0.1) is 17.6 Å². The van der Waals surface area contributed by atoms with Crippen LogP contribution in [0, 0.1) is 11.7 Å². The first-order valence-corrected chi connectivity index (χ1v) is 7.71. The summed E-state index contributed by atoms with van der Waals surface area (Å²) in [5.74, 6) is -0.514. The molecule has 118 valence electrons. The van der Waals surface area contributed by atoms with Crippen molar-refractivity contribution in [1.82, 2.24) is 0 Å². The summed E-state index contributed by atoms with van der Waals surface area (Å²) in [7, 11) is 0. The van der Waals surface area contributed by atoms with Crippen molar-refractivity contribution in [2.75, 3.05) is 11.4 Å². The molecule has 0 aromatic heterocycles. The summed E-state index contributed by atoms with van der Waals surface area (Å²) < 4.78 is 19.7. The molecule has 2 aliphatic heterocycles. The Bertz CT molecular complexity index is 777. The fourth-order valence-corrected chi connectivity index (χ4v) is 3.65. The Labute approximate surface area is 133 Å². The van der Waals surface area contributed by atoms with Gasteiger partial charge in [-0.2, -0.15) is 0 Å². The number of para-hydroxylation sites is 1. The van der Waals surface area contributed by atoms with Gasteiger partial charge in [0.2, 0.25) is 0 Å². The molecule has 0 unspecified atom stereocenters. The number of fused-ring (bicyclic) bond motifs is 5. The molecule has 2 aromatic rings. The van der Waals surface area contributed by atoms with Gasteiger partial charge in [-0.05, 0) is 31.0 Å². The fraction of sp³-hybridized carbons (Fsp3) is 0.278. The minimum absolute atomic E-state index is 0.347. The van der Waals surface area contributed by atoms with E-state index in [1.165, 1.54) is 12.1 Å².